The fraction of sp³-hybridized carbons (Fsp3) is 0.190. The second-order valence-corrected chi connectivity index (χ2v) is 8.82. The van der Waals surface area contributed by atoms with Crippen LogP contribution in [0.4, 0.5) is 4.79 Å². The number of rotatable bonds is 4. The van der Waals surface area contributed by atoms with Crippen LogP contribution in [-0.4, -0.2) is 50.4 Å². The first-order chi connectivity index (χ1) is 15.1. The van der Waals surface area contributed by atoms with E-state index in [9.17, 15) is 22.8 Å². The summed E-state index contributed by atoms with van der Waals surface area (Å²) in [6.45, 7) is -0.0382. The maximum absolute atomic E-state index is 12.9. The number of hydrogen-bond acceptors (Lipinski definition) is 6. The number of hydrogen-bond donors (Lipinski definition) is 3. The Labute approximate surface area is 183 Å². The van der Waals surface area contributed by atoms with Crippen molar-refractivity contribution in [3.63, 3.8) is 0 Å². The second kappa shape index (κ2) is 7.67. The molecule has 2 aliphatic rings. The van der Waals surface area contributed by atoms with Gasteiger partial charge in [0.1, 0.15) is 5.75 Å². The summed E-state index contributed by atoms with van der Waals surface area (Å²) in [7, 11) is -2.58. The highest BCUT2D eigenvalue weighted by molar-refractivity contribution is 7.89. The van der Waals surface area contributed by atoms with Gasteiger partial charge in [0.2, 0.25) is 15.6 Å². The van der Waals surface area contributed by atoms with Crippen molar-refractivity contribution in [1.82, 2.24) is 15.5 Å². The smallest absolute Gasteiger partial charge is 0.323 e. The van der Waals surface area contributed by atoms with Gasteiger partial charge in [-0.25, -0.2) is 18.4 Å². The van der Waals surface area contributed by atoms with Gasteiger partial charge in [0.15, 0.2) is 0 Å². The number of fused-ring (bicyclic) bond motifs is 1. The van der Waals surface area contributed by atoms with Crippen molar-refractivity contribution >= 4 is 27.9 Å². The van der Waals surface area contributed by atoms with E-state index in [2.05, 4.69) is 22.5 Å². The first-order valence-electron chi connectivity index (χ1n) is 9.38. The van der Waals surface area contributed by atoms with Gasteiger partial charge in [-0.05, 0) is 29.8 Å². The number of methoxy groups -OCH3 is 1. The monoisotopic (exact) mass is 454 g/mol. The number of imide groups is 1. The Morgan fingerprint density at radius 3 is 2.59 bits per heavy atom. The van der Waals surface area contributed by atoms with E-state index in [1.807, 2.05) is 0 Å². The topological polar surface area (TPSA) is 148 Å². The Kier molecular flexibility index (Phi) is 5.12. The zero-order valence-electron chi connectivity index (χ0n) is 16.8. The van der Waals surface area contributed by atoms with Gasteiger partial charge in [-0.3, -0.25) is 14.9 Å². The molecule has 0 saturated carbocycles. The number of nitrogens with one attached hydrogen (secondary N) is 2. The minimum atomic E-state index is -4.06. The second-order valence-electron chi connectivity index (χ2n) is 7.29. The number of benzene rings is 2. The maximum Gasteiger partial charge on any atom is 0.323 e. The van der Waals surface area contributed by atoms with E-state index in [1.165, 1.54) is 30.2 Å². The van der Waals surface area contributed by atoms with Crippen molar-refractivity contribution in [3.05, 3.63) is 59.2 Å². The molecule has 1 atom stereocenters. The quantitative estimate of drug-likeness (QED) is 0.435. The molecule has 4 rings (SSSR count). The number of nitrogens with zero attached hydrogens (tertiary/aromatic N) is 1. The van der Waals surface area contributed by atoms with Gasteiger partial charge in [0, 0.05) is 17.7 Å². The van der Waals surface area contributed by atoms with Crippen LogP contribution in [0.15, 0.2) is 47.4 Å². The summed E-state index contributed by atoms with van der Waals surface area (Å²) < 4.78 is 28.8. The number of sulfonamides is 1. The molecule has 32 heavy (non-hydrogen) atoms. The average molecular weight is 454 g/mol. The van der Waals surface area contributed by atoms with Crippen LogP contribution in [0.3, 0.4) is 0 Å². The summed E-state index contributed by atoms with van der Waals surface area (Å²) in [6, 6.07) is 10.1. The van der Waals surface area contributed by atoms with Crippen molar-refractivity contribution in [2.24, 2.45) is 5.14 Å². The van der Waals surface area contributed by atoms with Crippen molar-refractivity contribution in [3.8, 4) is 17.6 Å². The SMILES string of the molecule is COc1ccc2c(c1)C(=O)N(C[C@@]1(C#Cc3ccccc3S(N)(=O)=O)NC(=O)NC1=O)C2. The summed E-state index contributed by atoms with van der Waals surface area (Å²) in [5.41, 5.74) is -0.547. The highest BCUT2D eigenvalue weighted by Crippen LogP contribution is 2.28. The molecular formula is C21H18N4O6S. The molecule has 10 nitrogen and oxygen atoms in total. The normalized spacial score (nSPS) is 19.7. The molecule has 0 unspecified atom stereocenters. The Hall–Kier alpha value is -3.88. The molecule has 4 amide bonds. The molecule has 2 aromatic rings. The molecule has 2 aliphatic heterocycles. The molecular weight excluding hydrogens is 436 g/mol. The molecule has 164 valence electrons. The third kappa shape index (κ3) is 3.77. The lowest BCUT2D eigenvalue weighted by molar-refractivity contribution is -0.122. The van der Waals surface area contributed by atoms with Gasteiger partial charge in [-0.15, -0.1) is 0 Å². The van der Waals surface area contributed by atoms with Crippen LogP contribution in [-0.2, 0) is 21.4 Å². The van der Waals surface area contributed by atoms with Gasteiger partial charge in [0.05, 0.1) is 18.6 Å². The predicted octanol–water partition coefficient (Wildman–Crippen LogP) is -0.0717. The highest BCUT2D eigenvalue weighted by Gasteiger charge is 2.48. The molecule has 1 saturated heterocycles. The molecule has 4 N–H and O–H groups in total. The van der Waals surface area contributed by atoms with Gasteiger partial charge in [0.25, 0.3) is 11.8 Å². The Morgan fingerprint density at radius 1 is 1.19 bits per heavy atom. The molecule has 11 heteroatoms. The zero-order chi connectivity index (χ0) is 23.1. The molecule has 1 fully saturated rings. The van der Waals surface area contributed by atoms with Crippen LogP contribution in [0, 0.1) is 11.8 Å². The lowest BCUT2D eigenvalue weighted by Gasteiger charge is -2.26. The lowest BCUT2D eigenvalue weighted by Crippen LogP contribution is -2.54. The van der Waals surface area contributed by atoms with Crippen molar-refractivity contribution in [2.45, 2.75) is 17.0 Å². The van der Waals surface area contributed by atoms with E-state index in [4.69, 9.17) is 9.88 Å². The summed E-state index contributed by atoms with van der Waals surface area (Å²) in [4.78, 5) is 38.7. The highest BCUT2D eigenvalue weighted by atomic mass is 32.2. The van der Waals surface area contributed by atoms with Crippen molar-refractivity contribution in [1.29, 1.82) is 0 Å². The molecule has 0 bridgehead atoms. The van der Waals surface area contributed by atoms with E-state index in [0.29, 0.717) is 11.3 Å². The number of nitrogens with two attached hydrogens (primary N) is 1. The lowest BCUT2D eigenvalue weighted by atomic mass is 9.99. The average Bonchev–Trinajstić information content (AvgIpc) is 3.21. The minimum absolute atomic E-state index is 0.0593. The van der Waals surface area contributed by atoms with Crippen LogP contribution in [0.2, 0.25) is 0 Å². The summed E-state index contributed by atoms with van der Waals surface area (Å²) in [5, 5.41) is 9.83. The van der Waals surface area contributed by atoms with Gasteiger partial charge < -0.3 is 15.0 Å². The largest absolute Gasteiger partial charge is 0.497 e. The first-order valence-corrected chi connectivity index (χ1v) is 10.9. The van der Waals surface area contributed by atoms with Gasteiger partial charge in [-0.1, -0.05) is 30.0 Å². The van der Waals surface area contributed by atoms with Crippen LogP contribution >= 0.6 is 0 Å². The maximum atomic E-state index is 12.9. The molecule has 0 radical (unpaired) electrons. The third-order valence-corrected chi connectivity index (χ3v) is 6.14. The number of carbonyl (C=O) groups excluding carboxylic acids is 3. The number of primary sulfonamides is 1. The van der Waals surface area contributed by atoms with Crippen molar-refractivity contribution < 1.29 is 27.5 Å². The Morgan fingerprint density at radius 2 is 1.94 bits per heavy atom. The molecule has 2 heterocycles. The molecule has 2 aromatic carbocycles. The first kappa shape index (κ1) is 21.4. The Balaban J connectivity index is 1.71. The Bertz CT molecular complexity index is 1330. The number of amides is 4. The standard InChI is InChI=1S/C21H18N4O6S/c1-31-15-7-6-14-11-25(18(26)16(14)10-15)12-21(19(27)23-20(28)24-21)9-8-13-4-2-3-5-17(13)32(22,29)30/h2-7,10H,11-12H2,1H3,(H2,22,29,30)(H2,23,24,27,28)/t21-/m1/s1. The van der Waals surface area contributed by atoms with Crippen LogP contribution in [0.5, 0.6) is 5.75 Å². The molecule has 0 spiro atoms. The number of urea groups is 1. The van der Waals surface area contributed by atoms with E-state index >= 15 is 0 Å². The van der Waals surface area contributed by atoms with E-state index in [0.717, 1.165) is 5.56 Å². The van der Waals surface area contributed by atoms with Gasteiger partial charge in [-0.2, -0.15) is 0 Å². The van der Waals surface area contributed by atoms with Crippen LogP contribution in [0.1, 0.15) is 21.5 Å². The van der Waals surface area contributed by atoms with Gasteiger partial charge >= 0.3 is 6.03 Å². The summed E-state index contributed by atoms with van der Waals surface area (Å²) in [5.74, 6) is 4.73. The van der Waals surface area contributed by atoms with Crippen LogP contribution < -0.4 is 20.5 Å². The van der Waals surface area contributed by atoms with E-state index in [1.54, 1.807) is 24.3 Å². The third-order valence-electron chi connectivity index (χ3n) is 5.17. The number of carbonyl (C=O) groups is 3. The summed E-state index contributed by atoms with van der Waals surface area (Å²) in [6.07, 6.45) is 0. The zero-order valence-corrected chi connectivity index (χ0v) is 17.7. The van der Waals surface area contributed by atoms with Crippen molar-refractivity contribution in [2.75, 3.05) is 13.7 Å². The number of ether oxygens (including phenoxy) is 1. The fourth-order valence-electron chi connectivity index (χ4n) is 3.60. The molecule has 0 aliphatic carbocycles. The fourth-order valence-corrected chi connectivity index (χ4v) is 4.30. The molecule has 0 aromatic heterocycles. The van der Waals surface area contributed by atoms with Crippen LogP contribution in [0.25, 0.3) is 0 Å². The van der Waals surface area contributed by atoms with E-state index < -0.39 is 27.5 Å². The van der Waals surface area contributed by atoms with E-state index in [-0.39, 0.29) is 29.5 Å². The predicted molar refractivity (Wildman–Crippen MR) is 112 cm³/mol. The summed E-state index contributed by atoms with van der Waals surface area (Å²) >= 11 is 0. The minimum Gasteiger partial charge on any atom is -0.497 e.